The Balaban J connectivity index is 1.58. The Morgan fingerprint density at radius 2 is 2.00 bits per heavy atom. The summed E-state index contributed by atoms with van der Waals surface area (Å²) < 4.78 is 7.03. The highest BCUT2D eigenvalue weighted by Gasteiger charge is 2.35. The Hall–Kier alpha value is -1.73. The molecule has 0 atom stereocenters. The molecule has 1 saturated heterocycles. The summed E-state index contributed by atoms with van der Waals surface area (Å²) in [5.74, 6) is 0.0807. The minimum absolute atomic E-state index is 0.0608. The predicted molar refractivity (Wildman–Crippen MR) is 93.7 cm³/mol. The van der Waals surface area contributed by atoms with Crippen molar-refractivity contribution in [1.29, 1.82) is 0 Å². The SMILES string of the molecule is Cc1nn(CC(=O)NCCN2CCOCC2)c2c1C(=O)CC(C)(C)C2. The van der Waals surface area contributed by atoms with Crippen LogP contribution in [0, 0.1) is 12.3 Å². The summed E-state index contributed by atoms with van der Waals surface area (Å²) in [7, 11) is 0. The number of fused-ring (bicyclic) bond motifs is 1. The second-order valence-electron chi connectivity index (χ2n) is 7.81. The molecule has 0 spiro atoms. The topological polar surface area (TPSA) is 76.5 Å². The minimum Gasteiger partial charge on any atom is -0.379 e. The normalized spacial score (nSPS) is 20.4. The van der Waals surface area contributed by atoms with Gasteiger partial charge in [-0.25, -0.2) is 0 Å². The van der Waals surface area contributed by atoms with E-state index >= 15 is 0 Å². The molecule has 25 heavy (non-hydrogen) atoms. The van der Waals surface area contributed by atoms with Gasteiger partial charge in [0.05, 0.1) is 30.2 Å². The number of ether oxygens (including phenoxy) is 1. The average molecular weight is 348 g/mol. The highest BCUT2D eigenvalue weighted by atomic mass is 16.5. The largest absolute Gasteiger partial charge is 0.379 e. The van der Waals surface area contributed by atoms with Crippen LogP contribution in [0.25, 0.3) is 0 Å². The number of amides is 1. The molecule has 0 bridgehead atoms. The molecule has 1 amide bonds. The van der Waals surface area contributed by atoms with Gasteiger partial charge in [-0.1, -0.05) is 13.8 Å². The molecular formula is C18H28N4O3. The molecule has 7 heteroatoms. The number of aryl methyl sites for hydroxylation is 1. The van der Waals surface area contributed by atoms with Gasteiger partial charge in [-0.3, -0.25) is 19.2 Å². The number of carbonyl (C=O) groups excluding carboxylic acids is 2. The van der Waals surface area contributed by atoms with Crippen molar-refractivity contribution in [3.05, 3.63) is 17.0 Å². The molecule has 0 radical (unpaired) electrons. The number of hydrogen-bond acceptors (Lipinski definition) is 5. The number of morpholine rings is 1. The first-order valence-electron chi connectivity index (χ1n) is 9.02. The van der Waals surface area contributed by atoms with Gasteiger partial charge in [0.25, 0.3) is 0 Å². The van der Waals surface area contributed by atoms with Crippen molar-refractivity contribution in [2.45, 2.75) is 40.2 Å². The van der Waals surface area contributed by atoms with Gasteiger partial charge in [-0.15, -0.1) is 0 Å². The smallest absolute Gasteiger partial charge is 0.241 e. The first-order chi connectivity index (χ1) is 11.9. The van der Waals surface area contributed by atoms with Crippen LogP contribution in [0.15, 0.2) is 0 Å². The van der Waals surface area contributed by atoms with E-state index in [2.05, 4.69) is 29.2 Å². The van der Waals surface area contributed by atoms with E-state index in [-0.39, 0.29) is 23.7 Å². The number of carbonyl (C=O) groups is 2. The molecule has 0 aromatic carbocycles. The molecule has 1 aliphatic heterocycles. The van der Waals surface area contributed by atoms with Crippen LogP contribution in [0.5, 0.6) is 0 Å². The molecule has 1 N–H and O–H groups in total. The zero-order valence-corrected chi connectivity index (χ0v) is 15.4. The Morgan fingerprint density at radius 1 is 1.28 bits per heavy atom. The fraction of sp³-hybridized carbons (Fsp3) is 0.722. The van der Waals surface area contributed by atoms with Crippen LogP contribution in [-0.2, 0) is 22.5 Å². The van der Waals surface area contributed by atoms with Crippen LogP contribution < -0.4 is 5.32 Å². The summed E-state index contributed by atoms with van der Waals surface area (Å²) in [6.07, 6.45) is 1.31. The van der Waals surface area contributed by atoms with E-state index in [9.17, 15) is 9.59 Å². The maximum absolute atomic E-state index is 12.4. The molecule has 0 saturated carbocycles. The third-order valence-corrected chi connectivity index (χ3v) is 4.94. The Bertz CT molecular complexity index is 660. The van der Waals surface area contributed by atoms with Gasteiger partial charge < -0.3 is 10.1 Å². The number of hydrogen-bond donors (Lipinski definition) is 1. The van der Waals surface area contributed by atoms with Gasteiger partial charge in [-0.05, 0) is 18.8 Å². The number of Topliss-reactive ketones (excluding diaryl/α,β-unsaturated/α-hetero) is 1. The lowest BCUT2D eigenvalue weighted by molar-refractivity contribution is -0.122. The number of rotatable bonds is 5. The lowest BCUT2D eigenvalue weighted by atomic mass is 9.75. The van der Waals surface area contributed by atoms with E-state index < -0.39 is 0 Å². The van der Waals surface area contributed by atoms with Crippen molar-refractivity contribution in [2.24, 2.45) is 5.41 Å². The number of aromatic nitrogens is 2. The van der Waals surface area contributed by atoms with E-state index in [1.54, 1.807) is 4.68 Å². The fourth-order valence-electron chi connectivity index (χ4n) is 3.71. The van der Waals surface area contributed by atoms with Crippen LogP contribution in [-0.4, -0.2) is 65.8 Å². The van der Waals surface area contributed by atoms with E-state index in [0.717, 1.165) is 56.2 Å². The van der Waals surface area contributed by atoms with Gasteiger partial charge in [0.15, 0.2) is 5.78 Å². The highest BCUT2D eigenvalue weighted by Crippen LogP contribution is 2.35. The Kier molecular flexibility index (Phi) is 5.24. The third-order valence-electron chi connectivity index (χ3n) is 4.94. The summed E-state index contributed by atoms with van der Waals surface area (Å²) >= 11 is 0. The third kappa shape index (κ3) is 4.27. The van der Waals surface area contributed by atoms with Crippen LogP contribution in [0.3, 0.4) is 0 Å². The zero-order valence-electron chi connectivity index (χ0n) is 15.4. The van der Waals surface area contributed by atoms with Crippen molar-refractivity contribution in [3.8, 4) is 0 Å². The first kappa shape index (κ1) is 18.1. The maximum atomic E-state index is 12.4. The van der Waals surface area contributed by atoms with E-state index in [0.29, 0.717) is 13.0 Å². The second kappa shape index (κ2) is 7.25. The van der Waals surface area contributed by atoms with Crippen LogP contribution in [0.2, 0.25) is 0 Å². The lowest BCUT2D eigenvalue weighted by Gasteiger charge is -2.29. The molecule has 1 aliphatic carbocycles. The van der Waals surface area contributed by atoms with Gasteiger partial charge in [-0.2, -0.15) is 5.10 Å². The van der Waals surface area contributed by atoms with Crippen LogP contribution in [0.1, 0.15) is 42.0 Å². The van der Waals surface area contributed by atoms with Crippen molar-refractivity contribution in [2.75, 3.05) is 39.4 Å². The van der Waals surface area contributed by atoms with Gasteiger partial charge in [0.1, 0.15) is 6.54 Å². The summed E-state index contributed by atoms with van der Waals surface area (Å²) in [6, 6.07) is 0. The molecule has 2 aliphatic rings. The summed E-state index contributed by atoms with van der Waals surface area (Å²) in [5, 5.41) is 7.41. The Morgan fingerprint density at radius 3 is 2.72 bits per heavy atom. The first-order valence-corrected chi connectivity index (χ1v) is 9.02. The number of ketones is 1. The van der Waals surface area contributed by atoms with Gasteiger partial charge in [0.2, 0.25) is 5.91 Å². The summed E-state index contributed by atoms with van der Waals surface area (Å²) in [5.41, 5.74) is 2.28. The van der Waals surface area contributed by atoms with Crippen molar-refractivity contribution >= 4 is 11.7 Å². The lowest BCUT2D eigenvalue weighted by Crippen LogP contribution is -2.42. The number of nitrogens with zero attached hydrogens (tertiary/aromatic N) is 3. The van der Waals surface area contributed by atoms with E-state index in [1.807, 2.05) is 6.92 Å². The van der Waals surface area contributed by atoms with Crippen LogP contribution >= 0.6 is 0 Å². The molecule has 1 aromatic heterocycles. The highest BCUT2D eigenvalue weighted by molar-refractivity contribution is 5.99. The molecule has 7 nitrogen and oxygen atoms in total. The zero-order chi connectivity index (χ0) is 18.0. The van der Waals surface area contributed by atoms with Gasteiger partial charge in [0, 0.05) is 32.6 Å². The minimum atomic E-state index is -0.0822. The fourth-order valence-corrected chi connectivity index (χ4v) is 3.71. The molecular weight excluding hydrogens is 320 g/mol. The van der Waals surface area contributed by atoms with Gasteiger partial charge >= 0.3 is 0 Å². The Labute approximate surface area is 148 Å². The molecule has 1 aromatic rings. The van der Waals surface area contributed by atoms with E-state index in [1.165, 1.54) is 0 Å². The molecule has 3 rings (SSSR count). The summed E-state index contributed by atoms with van der Waals surface area (Å²) in [6.45, 7) is 11.0. The molecule has 138 valence electrons. The number of nitrogens with one attached hydrogen (secondary N) is 1. The summed E-state index contributed by atoms with van der Waals surface area (Å²) in [4.78, 5) is 27.0. The second-order valence-corrected chi connectivity index (χ2v) is 7.81. The van der Waals surface area contributed by atoms with E-state index in [4.69, 9.17) is 4.74 Å². The average Bonchev–Trinajstić information content (AvgIpc) is 2.82. The quantitative estimate of drug-likeness (QED) is 0.852. The molecule has 1 fully saturated rings. The van der Waals surface area contributed by atoms with Crippen LogP contribution in [0.4, 0.5) is 0 Å². The van der Waals surface area contributed by atoms with Crippen molar-refractivity contribution < 1.29 is 14.3 Å². The molecule has 0 unspecified atom stereocenters. The monoisotopic (exact) mass is 348 g/mol. The standard InChI is InChI=1S/C18H28N4O3/c1-13-17-14(10-18(2,3)11-15(17)23)22(20-13)12-16(24)19-4-5-21-6-8-25-9-7-21/h4-12H2,1-3H3,(H,19,24). The predicted octanol–water partition coefficient (Wildman–Crippen LogP) is 0.795. The maximum Gasteiger partial charge on any atom is 0.241 e. The molecule has 2 heterocycles. The van der Waals surface area contributed by atoms with Crippen molar-refractivity contribution in [3.63, 3.8) is 0 Å². The van der Waals surface area contributed by atoms with Crippen molar-refractivity contribution in [1.82, 2.24) is 20.0 Å².